The summed E-state index contributed by atoms with van der Waals surface area (Å²) in [4.78, 5) is 2.12. The summed E-state index contributed by atoms with van der Waals surface area (Å²) in [6.07, 6.45) is 0. The molecule has 1 aliphatic heterocycles. The summed E-state index contributed by atoms with van der Waals surface area (Å²) in [7, 11) is -3.30. The number of hydrogen-bond acceptors (Lipinski definition) is 3. The lowest BCUT2D eigenvalue weighted by molar-refractivity contribution is 0.384. The maximum absolute atomic E-state index is 12.6. The zero-order chi connectivity index (χ0) is 17.2. The van der Waals surface area contributed by atoms with Crippen LogP contribution in [0.3, 0.4) is 0 Å². The zero-order valence-corrected chi connectivity index (χ0v) is 15.4. The molecule has 0 amide bonds. The largest absolute Gasteiger partial charge is 0.369 e. The highest BCUT2D eigenvalue weighted by atomic mass is 35.5. The van der Waals surface area contributed by atoms with Gasteiger partial charge in [-0.25, -0.2) is 8.42 Å². The second-order valence-electron chi connectivity index (χ2n) is 5.73. The second-order valence-corrected chi connectivity index (χ2v) is 8.51. The number of anilines is 1. The summed E-state index contributed by atoms with van der Waals surface area (Å²) in [5.41, 5.74) is 1.77. The average Bonchev–Trinajstić information content (AvgIpc) is 2.58. The Hall–Kier alpha value is -1.27. The molecule has 7 heteroatoms. The van der Waals surface area contributed by atoms with Gasteiger partial charge in [-0.15, -0.1) is 0 Å². The van der Waals surface area contributed by atoms with E-state index in [1.807, 2.05) is 42.5 Å². The third-order valence-corrected chi connectivity index (χ3v) is 6.68. The smallest absolute Gasteiger partial charge is 0.218 e. The van der Waals surface area contributed by atoms with Crippen LogP contribution in [-0.2, 0) is 15.8 Å². The van der Waals surface area contributed by atoms with Gasteiger partial charge >= 0.3 is 0 Å². The normalized spacial score (nSPS) is 16.3. The summed E-state index contributed by atoms with van der Waals surface area (Å²) in [6, 6.07) is 14.7. The Bertz CT molecular complexity index is 805. The van der Waals surface area contributed by atoms with Crippen molar-refractivity contribution in [3.63, 3.8) is 0 Å². The van der Waals surface area contributed by atoms with Gasteiger partial charge in [-0.2, -0.15) is 4.31 Å². The molecule has 2 aromatic carbocycles. The summed E-state index contributed by atoms with van der Waals surface area (Å²) >= 11 is 12.0. The first-order valence-electron chi connectivity index (χ1n) is 7.67. The van der Waals surface area contributed by atoms with E-state index in [-0.39, 0.29) is 5.75 Å². The Morgan fingerprint density at radius 3 is 2.17 bits per heavy atom. The lowest BCUT2D eigenvalue weighted by Crippen LogP contribution is -2.49. The molecule has 0 unspecified atom stereocenters. The van der Waals surface area contributed by atoms with Crippen LogP contribution in [0.4, 0.5) is 5.69 Å². The van der Waals surface area contributed by atoms with Crippen molar-refractivity contribution in [3.05, 3.63) is 64.1 Å². The molecule has 0 radical (unpaired) electrons. The van der Waals surface area contributed by atoms with Gasteiger partial charge in [0.15, 0.2) is 0 Å². The van der Waals surface area contributed by atoms with Crippen molar-refractivity contribution in [2.45, 2.75) is 5.75 Å². The number of hydrogen-bond donors (Lipinski definition) is 0. The number of piperazine rings is 1. The highest BCUT2D eigenvalue weighted by Gasteiger charge is 2.27. The van der Waals surface area contributed by atoms with Crippen molar-refractivity contribution in [1.82, 2.24) is 4.31 Å². The highest BCUT2D eigenvalue weighted by molar-refractivity contribution is 7.88. The number of halogens is 2. The van der Waals surface area contributed by atoms with E-state index in [9.17, 15) is 8.42 Å². The number of nitrogens with zero attached hydrogens (tertiary/aromatic N) is 2. The van der Waals surface area contributed by atoms with Gasteiger partial charge in [-0.1, -0.05) is 53.5 Å². The second kappa shape index (κ2) is 7.31. The molecule has 24 heavy (non-hydrogen) atoms. The third kappa shape index (κ3) is 4.03. The van der Waals surface area contributed by atoms with Gasteiger partial charge < -0.3 is 4.90 Å². The van der Waals surface area contributed by atoms with Crippen molar-refractivity contribution in [2.75, 3.05) is 31.1 Å². The Morgan fingerprint density at radius 2 is 1.54 bits per heavy atom. The zero-order valence-electron chi connectivity index (χ0n) is 13.0. The van der Waals surface area contributed by atoms with Crippen LogP contribution in [-0.4, -0.2) is 38.9 Å². The molecular formula is C17H18Cl2N2O2S. The minimum absolute atomic E-state index is 0.0423. The maximum atomic E-state index is 12.6. The molecule has 2 aromatic rings. The first-order chi connectivity index (χ1) is 11.5. The molecule has 1 aliphatic rings. The average molecular weight is 385 g/mol. The first-order valence-corrected chi connectivity index (χ1v) is 10.0. The van der Waals surface area contributed by atoms with Gasteiger partial charge in [0.05, 0.1) is 15.8 Å². The molecule has 0 bridgehead atoms. The summed E-state index contributed by atoms with van der Waals surface area (Å²) in [6.45, 7) is 2.20. The molecule has 4 nitrogen and oxygen atoms in total. The lowest BCUT2D eigenvalue weighted by Gasteiger charge is -2.35. The minimum Gasteiger partial charge on any atom is -0.369 e. The van der Waals surface area contributed by atoms with Gasteiger partial charge in [-0.3, -0.25) is 0 Å². The van der Waals surface area contributed by atoms with Crippen LogP contribution in [0.5, 0.6) is 0 Å². The van der Waals surface area contributed by atoms with Crippen molar-refractivity contribution in [1.29, 1.82) is 0 Å². The van der Waals surface area contributed by atoms with E-state index in [0.717, 1.165) is 11.3 Å². The quantitative estimate of drug-likeness (QED) is 0.807. The van der Waals surface area contributed by atoms with E-state index < -0.39 is 10.0 Å². The Balaban J connectivity index is 1.65. The topological polar surface area (TPSA) is 40.6 Å². The van der Waals surface area contributed by atoms with E-state index in [1.54, 1.807) is 10.4 Å². The fourth-order valence-corrected chi connectivity index (χ4v) is 4.59. The molecule has 128 valence electrons. The molecule has 0 N–H and O–H groups in total. The lowest BCUT2D eigenvalue weighted by atomic mass is 10.2. The highest BCUT2D eigenvalue weighted by Crippen LogP contribution is 2.28. The molecule has 1 fully saturated rings. The van der Waals surface area contributed by atoms with E-state index in [2.05, 4.69) is 4.90 Å². The summed E-state index contributed by atoms with van der Waals surface area (Å²) < 4.78 is 26.7. The molecule has 0 atom stereocenters. The van der Waals surface area contributed by atoms with Crippen LogP contribution >= 0.6 is 23.2 Å². The molecule has 3 rings (SSSR count). The summed E-state index contributed by atoms with van der Waals surface area (Å²) in [5, 5.41) is 1.03. The minimum atomic E-state index is -3.30. The molecule has 0 aromatic heterocycles. The van der Waals surface area contributed by atoms with Crippen LogP contribution in [0.1, 0.15) is 5.56 Å². The van der Waals surface area contributed by atoms with Crippen LogP contribution in [0, 0.1) is 0 Å². The van der Waals surface area contributed by atoms with Crippen molar-refractivity contribution in [2.24, 2.45) is 0 Å². The fraction of sp³-hybridized carbons (Fsp3) is 0.294. The first kappa shape index (κ1) is 17.5. The summed E-state index contributed by atoms with van der Waals surface area (Å²) in [5.74, 6) is 0.0423. The van der Waals surface area contributed by atoms with Crippen LogP contribution < -0.4 is 4.90 Å². The number of sulfonamides is 1. The van der Waals surface area contributed by atoms with E-state index in [1.165, 1.54) is 0 Å². The number of rotatable bonds is 4. The van der Waals surface area contributed by atoms with Gasteiger partial charge in [0.1, 0.15) is 0 Å². The predicted octanol–water partition coefficient (Wildman–Crippen LogP) is 3.65. The Kier molecular flexibility index (Phi) is 5.35. The molecule has 1 saturated heterocycles. The molecule has 0 aliphatic carbocycles. The van der Waals surface area contributed by atoms with Gasteiger partial charge in [0.25, 0.3) is 0 Å². The fourth-order valence-electron chi connectivity index (χ4n) is 2.78. The maximum Gasteiger partial charge on any atom is 0.218 e. The van der Waals surface area contributed by atoms with Crippen LogP contribution in [0.25, 0.3) is 0 Å². The predicted molar refractivity (Wildman–Crippen MR) is 99.3 cm³/mol. The van der Waals surface area contributed by atoms with Crippen LogP contribution in [0.15, 0.2) is 48.5 Å². The number of benzene rings is 2. The van der Waals surface area contributed by atoms with Crippen molar-refractivity contribution < 1.29 is 8.42 Å². The molecular weight excluding hydrogens is 367 g/mol. The molecule has 0 saturated carbocycles. The SMILES string of the molecule is O=S(=O)(Cc1ccccc1)N1CCN(c2ccc(Cl)c(Cl)c2)CC1. The standard InChI is InChI=1S/C17H18Cl2N2O2S/c18-16-7-6-15(12-17(16)19)20-8-10-21(11-9-20)24(22,23)13-14-4-2-1-3-5-14/h1-7,12H,8-11,13H2. The van der Waals surface area contributed by atoms with Crippen molar-refractivity contribution >= 4 is 38.9 Å². The van der Waals surface area contributed by atoms with E-state index in [4.69, 9.17) is 23.2 Å². The van der Waals surface area contributed by atoms with Gasteiger partial charge in [-0.05, 0) is 23.8 Å². The third-order valence-electron chi connectivity index (χ3n) is 4.09. The van der Waals surface area contributed by atoms with Gasteiger partial charge in [0.2, 0.25) is 10.0 Å². The van der Waals surface area contributed by atoms with E-state index in [0.29, 0.717) is 36.2 Å². The Morgan fingerprint density at radius 1 is 0.875 bits per heavy atom. The monoisotopic (exact) mass is 384 g/mol. The molecule has 0 spiro atoms. The van der Waals surface area contributed by atoms with E-state index >= 15 is 0 Å². The Labute approximate surface area is 152 Å². The van der Waals surface area contributed by atoms with Crippen molar-refractivity contribution in [3.8, 4) is 0 Å². The van der Waals surface area contributed by atoms with Crippen LogP contribution in [0.2, 0.25) is 10.0 Å². The van der Waals surface area contributed by atoms with Gasteiger partial charge in [0, 0.05) is 31.9 Å². The molecule has 1 heterocycles.